The number of methoxy groups -OCH3 is 1. The number of aryl methyl sites for hydroxylation is 1. The van der Waals surface area contributed by atoms with Crippen LogP contribution in [0.4, 0.5) is 5.69 Å². The third-order valence-corrected chi connectivity index (χ3v) is 3.79. The minimum Gasteiger partial charge on any atom is -0.465 e. The monoisotopic (exact) mass is 370 g/mol. The number of esters is 1. The molecule has 2 aromatic rings. The van der Waals surface area contributed by atoms with Crippen LogP contribution in [-0.2, 0) is 20.9 Å². The van der Waals surface area contributed by atoms with Crippen molar-refractivity contribution in [2.75, 3.05) is 19.5 Å². The zero-order chi connectivity index (χ0) is 20.0. The average molecular weight is 370 g/mol. The van der Waals surface area contributed by atoms with Gasteiger partial charge >= 0.3 is 5.97 Å². The van der Waals surface area contributed by atoms with Crippen molar-refractivity contribution in [3.63, 3.8) is 0 Å². The van der Waals surface area contributed by atoms with Crippen molar-refractivity contribution in [2.45, 2.75) is 20.4 Å². The highest BCUT2D eigenvalue weighted by Gasteiger charge is 2.17. The van der Waals surface area contributed by atoms with Gasteiger partial charge in [-0.05, 0) is 36.8 Å². The Balaban J connectivity index is 1.98. The molecule has 0 saturated heterocycles. The molecule has 0 atom stereocenters. The van der Waals surface area contributed by atoms with E-state index in [1.54, 1.807) is 50.4 Å². The van der Waals surface area contributed by atoms with E-state index < -0.39 is 5.97 Å². The molecule has 2 amide bonds. The highest BCUT2D eigenvalue weighted by molar-refractivity contribution is 5.92. The molecule has 1 aromatic carbocycles. The fourth-order valence-corrected chi connectivity index (χ4v) is 2.42. The second kappa shape index (κ2) is 8.84. The van der Waals surface area contributed by atoms with Gasteiger partial charge < -0.3 is 19.4 Å². The first-order valence-corrected chi connectivity index (χ1v) is 8.28. The molecular weight excluding hydrogens is 348 g/mol. The smallest absolute Gasteiger partial charge is 0.341 e. The highest BCUT2D eigenvalue weighted by atomic mass is 16.5. The summed E-state index contributed by atoms with van der Waals surface area (Å²) in [4.78, 5) is 36.4. The van der Waals surface area contributed by atoms with Gasteiger partial charge in [0.25, 0.3) is 0 Å². The second-order valence-corrected chi connectivity index (χ2v) is 6.00. The minimum atomic E-state index is -0.473. The normalized spacial score (nSPS) is 10.7. The van der Waals surface area contributed by atoms with E-state index in [0.717, 1.165) is 5.56 Å². The predicted octanol–water partition coefficient (Wildman–Crippen LogP) is 3.00. The molecule has 0 radical (unpaired) electrons. The van der Waals surface area contributed by atoms with Gasteiger partial charge in [-0.3, -0.25) is 9.59 Å². The quantitative estimate of drug-likeness (QED) is 0.624. The molecule has 1 aromatic heterocycles. The molecule has 1 heterocycles. The molecule has 0 spiro atoms. The van der Waals surface area contributed by atoms with E-state index in [1.165, 1.54) is 25.0 Å². The van der Waals surface area contributed by atoms with Crippen LogP contribution < -0.4 is 5.32 Å². The Labute approximate surface area is 157 Å². The topological polar surface area (TPSA) is 88.9 Å². The fraction of sp³-hybridized carbons (Fsp3) is 0.250. The molecule has 1 N–H and O–H groups in total. The third kappa shape index (κ3) is 5.57. The Hall–Kier alpha value is -3.35. The Morgan fingerprint density at radius 1 is 1.22 bits per heavy atom. The van der Waals surface area contributed by atoms with Crippen molar-refractivity contribution >= 4 is 29.5 Å². The van der Waals surface area contributed by atoms with Gasteiger partial charge in [0.05, 0.1) is 13.7 Å². The number of nitrogens with one attached hydrogen (secondary N) is 1. The van der Waals surface area contributed by atoms with E-state index in [1.807, 2.05) is 0 Å². The number of carbonyl (C=O) groups excluding carboxylic acids is 3. The van der Waals surface area contributed by atoms with Crippen LogP contribution in [0.2, 0.25) is 0 Å². The first-order valence-electron chi connectivity index (χ1n) is 8.28. The molecule has 0 saturated carbocycles. The van der Waals surface area contributed by atoms with E-state index in [4.69, 9.17) is 4.42 Å². The van der Waals surface area contributed by atoms with E-state index in [9.17, 15) is 14.4 Å². The Morgan fingerprint density at radius 3 is 2.48 bits per heavy atom. The molecule has 142 valence electrons. The summed E-state index contributed by atoms with van der Waals surface area (Å²) in [6, 6.07) is 8.70. The number of hydrogen-bond acceptors (Lipinski definition) is 5. The van der Waals surface area contributed by atoms with Crippen LogP contribution in [0.15, 0.2) is 40.8 Å². The number of benzene rings is 1. The first kappa shape index (κ1) is 20.0. The van der Waals surface area contributed by atoms with E-state index in [2.05, 4.69) is 10.1 Å². The summed E-state index contributed by atoms with van der Waals surface area (Å²) in [6.07, 6.45) is 3.13. The predicted molar refractivity (Wildman–Crippen MR) is 101 cm³/mol. The third-order valence-electron chi connectivity index (χ3n) is 3.79. The molecule has 0 aliphatic carbocycles. The van der Waals surface area contributed by atoms with Crippen LogP contribution >= 0.6 is 0 Å². The number of likely N-dealkylation sites (N-methyl/N-ethyl adjacent to an activating group) is 1. The van der Waals surface area contributed by atoms with Crippen LogP contribution in [0.1, 0.15) is 34.4 Å². The number of hydrogen-bond donors (Lipinski definition) is 1. The lowest BCUT2D eigenvalue weighted by atomic mass is 10.2. The zero-order valence-corrected chi connectivity index (χ0v) is 15.7. The van der Waals surface area contributed by atoms with Crippen molar-refractivity contribution in [2.24, 2.45) is 0 Å². The maximum atomic E-state index is 12.3. The van der Waals surface area contributed by atoms with Gasteiger partial charge in [-0.1, -0.05) is 12.1 Å². The first-order chi connectivity index (χ1) is 12.8. The number of amides is 2. The van der Waals surface area contributed by atoms with E-state index in [-0.39, 0.29) is 18.4 Å². The Bertz CT molecular complexity index is 865. The molecule has 7 heteroatoms. The van der Waals surface area contributed by atoms with Crippen LogP contribution in [0, 0.1) is 6.92 Å². The molecular formula is C20H22N2O5. The summed E-state index contributed by atoms with van der Waals surface area (Å²) in [5.41, 5.74) is 1.87. The number of rotatable bonds is 6. The number of nitrogens with zero attached hydrogens (tertiary/aromatic N) is 1. The number of ether oxygens (including phenoxy) is 1. The summed E-state index contributed by atoms with van der Waals surface area (Å²) < 4.78 is 10.2. The second-order valence-electron chi connectivity index (χ2n) is 6.00. The minimum absolute atomic E-state index is 0.140. The number of anilines is 1. The number of furan rings is 1. The van der Waals surface area contributed by atoms with Gasteiger partial charge in [-0.25, -0.2) is 4.79 Å². The maximum absolute atomic E-state index is 12.3. The van der Waals surface area contributed by atoms with Crippen molar-refractivity contribution in [3.05, 3.63) is 59.1 Å². The Kier molecular flexibility index (Phi) is 6.54. The maximum Gasteiger partial charge on any atom is 0.341 e. The summed E-state index contributed by atoms with van der Waals surface area (Å²) in [5, 5.41) is 2.68. The molecule has 27 heavy (non-hydrogen) atoms. The van der Waals surface area contributed by atoms with Gasteiger partial charge in [0.15, 0.2) is 0 Å². The van der Waals surface area contributed by atoms with E-state index >= 15 is 0 Å². The molecule has 2 rings (SSSR count). The molecule has 0 aliphatic heterocycles. The fourth-order valence-electron chi connectivity index (χ4n) is 2.42. The summed E-state index contributed by atoms with van der Waals surface area (Å²) in [5.74, 6) is 0.122. The van der Waals surface area contributed by atoms with Gasteiger partial charge in [0.2, 0.25) is 11.8 Å². The summed E-state index contributed by atoms with van der Waals surface area (Å²) in [7, 11) is 2.94. The average Bonchev–Trinajstić information content (AvgIpc) is 2.99. The van der Waals surface area contributed by atoms with Gasteiger partial charge in [-0.2, -0.15) is 0 Å². The van der Waals surface area contributed by atoms with Crippen LogP contribution in [0.25, 0.3) is 6.08 Å². The van der Waals surface area contributed by atoms with Crippen molar-refractivity contribution in [3.8, 4) is 0 Å². The van der Waals surface area contributed by atoms with Crippen LogP contribution in [-0.4, -0.2) is 36.8 Å². The summed E-state index contributed by atoms with van der Waals surface area (Å²) in [6.45, 7) is 3.33. The lowest BCUT2D eigenvalue weighted by Gasteiger charge is -2.13. The summed E-state index contributed by atoms with van der Waals surface area (Å²) >= 11 is 0. The molecule has 0 fully saturated rings. The van der Waals surface area contributed by atoms with Crippen molar-refractivity contribution < 1.29 is 23.5 Å². The highest BCUT2D eigenvalue weighted by Crippen LogP contribution is 2.17. The van der Waals surface area contributed by atoms with Crippen LogP contribution in [0.3, 0.4) is 0 Å². The largest absolute Gasteiger partial charge is 0.465 e. The Morgan fingerprint density at radius 2 is 1.89 bits per heavy atom. The SMILES string of the molecule is COC(=O)c1cc(CN(C)C(=O)/C=C/c2ccc(NC(C)=O)cc2)oc1C. The standard InChI is InChI=1S/C20H22N2O5/c1-13-18(20(25)26-4)11-17(27-13)12-22(3)19(24)10-7-15-5-8-16(9-6-15)21-14(2)23/h5-11H,12H2,1-4H3,(H,21,23)/b10-7+. The van der Waals surface area contributed by atoms with Gasteiger partial charge in [-0.15, -0.1) is 0 Å². The van der Waals surface area contributed by atoms with Crippen LogP contribution in [0.5, 0.6) is 0 Å². The lowest BCUT2D eigenvalue weighted by molar-refractivity contribution is -0.125. The molecule has 0 unspecified atom stereocenters. The number of carbonyl (C=O) groups is 3. The van der Waals surface area contributed by atoms with E-state index in [0.29, 0.717) is 22.8 Å². The molecule has 0 aliphatic rings. The van der Waals surface area contributed by atoms with Gasteiger partial charge in [0, 0.05) is 25.7 Å². The van der Waals surface area contributed by atoms with Gasteiger partial charge in [0.1, 0.15) is 17.1 Å². The zero-order valence-electron chi connectivity index (χ0n) is 15.7. The lowest BCUT2D eigenvalue weighted by Crippen LogP contribution is -2.23. The van der Waals surface area contributed by atoms with Crippen molar-refractivity contribution in [1.82, 2.24) is 4.90 Å². The molecule has 0 bridgehead atoms. The molecule has 7 nitrogen and oxygen atoms in total. The van der Waals surface area contributed by atoms with Crippen molar-refractivity contribution in [1.29, 1.82) is 0 Å².